The van der Waals surface area contributed by atoms with Crippen LogP contribution in [0.25, 0.3) is 22.6 Å². The lowest BCUT2D eigenvalue weighted by Gasteiger charge is -2.17. The van der Waals surface area contributed by atoms with Crippen LogP contribution in [0.2, 0.25) is 0 Å². The molecule has 1 aromatic heterocycles. The first kappa shape index (κ1) is 17.2. The number of rotatable bonds is 3. The van der Waals surface area contributed by atoms with E-state index in [9.17, 15) is 4.79 Å². The fraction of sp³-hybridized carbons (Fsp3) is 0.333. The van der Waals surface area contributed by atoms with Gasteiger partial charge in [-0.3, -0.25) is 4.79 Å². The predicted molar refractivity (Wildman–Crippen MR) is 102 cm³/mol. The van der Waals surface area contributed by atoms with Gasteiger partial charge in [0.15, 0.2) is 5.58 Å². The second kappa shape index (κ2) is 6.36. The molecule has 0 spiro atoms. The van der Waals surface area contributed by atoms with Crippen LogP contribution < -0.4 is 5.32 Å². The van der Waals surface area contributed by atoms with Gasteiger partial charge in [0.1, 0.15) is 5.52 Å². The number of aromatic nitrogens is 1. The number of amides is 1. The molecule has 0 atom stereocenters. The zero-order chi connectivity index (χ0) is 18.2. The molecule has 1 amide bonds. The lowest BCUT2D eigenvalue weighted by Crippen LogP contribution is -2.27. The molecular weight excluding hydrogens is 312 g/mol. The van der Waals surface area contributed by atoms with E-state index in [1.165, 1.54) is 5.56 Å². The number of anilines is 1. The first-order valence-corrected chi connectivity index (χ1v) is 8.56. The van der Waals surface area contributed by atoms with Gasteiger partial charge in [-0.15, -0.1) is 0 Å². The van der Waals surface area contributed by atoms with E-state index in [0.29, 0.717) is 11.8 Å². The molecule has 3 rings (SSSR count). The first-order valence-electron chi connectivity index (χ1n) is 8.56. The molecule has 0 bridgehead atoms. The van der Waals surface area contributed by atoms with Crippen LogP contribution in [0, 0.1) is 5.41 Å². The Balaban J connectivity index is 1.85. The summed E-state index contributed by atoms with van der Waals surface area (Å²) in [7, 11) is 0. The molecule has 0 aliphatic heterocycles. The highest BCUT2D eigenvalue weighted by atomic mass is 16.3. The number of oxazole rings is 1. The highest BCUT2D eigenvalue weighted by Crippen LogP contribution is 2.28. The van der Waals surface area contributed by atoms with Gasteiger partial charge < -0.3 is 9.73 Å². The van der Waals surface area contributed by atoms with E-state index in [4.69, 9.17) is 4.42 Å². The van der Waals surface area contributed by atoms with Crippen molar-refractivity contribution in [2.45, 2.75) is 40.5 Å². The van der Waals surface area contributed by atoms with Crippen LogP contribution in [-0.4, -0.2) is 10.9 Å². The van der Waals surface area contributed by atoms with Gasteiger partial charge in [0.05, 0.1) is 0 Å². The quantitative estimate of drug-likeness (QED) is 0.677. The number of carbonyl (C=O) groups is 1. The van der Waals surface area contributed by atoms with Crippen molar-refractivity contribution in [1.29, 1.82) is 0 Å². The number of benzene rings is 2. The van der Waals surface area contributed by atoms with E-state index < -0.39 is 5.41 Å². The van der Waals surface area contributed by atoms with Gasteiger partial charge >= 0.3 is 0 Å². The minimum atomic E-state index is -0.424. The number of hydrogen-bond donors (Lipinski definition) is 1. The zero-order valence-electron chi connectivity index (χ0n) is 15.4. The van der Waals surface area contributed by atoms with Crippen molar-refractivity contribution in [1.82, 2.24) is 4.98 Å². The molecule has 0 aliphatic carbocycles. The van der Waals surface area contributed by atoms with Crippen LogP contribution in [0.4, 0.5) is 5.69 Å². The molecule has 2 aromatic carbocycles. The Kier molecular flexibility index (Phi) is 4.38. The molecule has 0 saturated heterocycles. The highest BCUT2D eigenvalue weighted by molar-refractivity contribution is 5.94. The third-order valence-electron chi connectivity index (χ3n) is 4.15. The second-order valence-electron chi connectivity index (χ2n) is 7.68. The molecule has 0 aliphatic rings. The molecule has 0 radical (unpaired) electrons. The fourth-order valence-electron chi connectivity index (χ4n) is 2.44. The van der Waals surface area contributed by atoms with Gasteiger partial charge in [-0.2, -0.15) is 0 Å². The lowest BCUT2D eigenvalue weighted by molar-refractivity contribution is -0.123. The standard InChI is InChI=1S/C21H24N2O2/c1-13(2)15-8-11-18-17(12-15)23-19(25-18)14-6-9-16(10-7-14)22-20(24)21(3,4)5/h6-13H,1-5H3,(H,22,24). The molecule has 0 fully saturated rings. The summed E-state index contributed by atoms with van der Waals surface area (Å²) >= 11 is 0. The largest absolute Gasteiger partial charge is 0.436 e. The van der Waals surface area contributed by atoms with E-state index in [0.717, 1.165) is 22.4 Å². The topological polar surface area (TPSA) is 55.1 Å². The lowest BCUT2D eigenvalue weighted by atomic mass is 9.95. The minimum absolute atomic E-state index is 0.0108. The average molecular weight is 336 g/mol. The van der Waals surface area contributed by atoms with E-state index in [1.54, 1.807) is 0 Å². The third kappa shape index (κ3) is 3.73. The van der Waals surface area contributed by atoms with Gasteiger partial charge in [-0.1, -0.05) is 40.7 Å². The Bertz CT molecular complexity index is 900. The van der Waals surface area contributed by atoms with E-state index in [2.05, 4.69) is 36.3 Å². The van der Waals surface area contributed by atoms with Crippen LogP contribution in [0.3, 0.4) is 0 Å². The van der Waals surface area contributed by atoms with Crippen molar-refractivity contribution < 1.29 is 9.21 Å². The smallest absolute Gasteiger partial charge is 0.229 e. The Morgan fingerprint density at radius 3 is 2.36 bits per heavy atom. The highest BCUT2D eigenvalue weighted by Gasteiger charge is 2.21. The maximum Gasteiger partial charge on any atom is 0.229 e. The summed E-state index contributed by atoms with van der Waals surface area (Å²) in [6.45, 7) is 9.99. The SMILES string of the molecule is CC(C)c1ccc2oc(-c3ccc(NC(=O)C(C)(C)C)cc3)nc2c1. The summed E-state index contributed by atoms with van der Waals surface area (Å²) in [5, 5.41) is 2.92. The first-order chi connectivity index (χ1) is 11.7. The molecule has 1 heterocycles. The van der Waals surface area contributed by atoms with Crippen LogP contribution in [0.15, 0.2) is 46.9 Å². The van der Waals surface area contributed by atoms with Gasteiger partial charge in [0.2, 0.25) is 11.8 Å². The van der Waals surface area contributed by atoms with E-state index in [-0.39, 0.29) is 5.91 Å². The molecule has 25 heavy (non-hydrogen) atoms. The normalized spacial score (nSPS) is 11.9. The molecule has 4 heteroatoms. The van der Waals surface area contributed by atoms with Crippen molar-refractivity contribution in [3.8, 4) is 11.5 Å². The molecule has 1 N–H and O–H groups in total. The molecule has 130 valence electrons. The number of nitrogens with zero attached hydrogens (tertiary/aromatic N) is 1. The average Bonchev–Trinajstić information content (AvgIpc) is 2.97. The summed E-state index contributed by atoms with van der Waals surface area (Å²) in [6, 6.07) is 13.7. The molecule has 3 aromatic rings. The summed E-state index contributed by atoms with van der Waals surface area (Å²) < 4.78 is 5.87. The summed E-state index contributed by atoms with van der Waals surface area (Å²) in [4.78, 5) is 16.7. The molecular formula is C21H24N2O2. The second-order valence-corrected chi connectivity index (χ2v) is 7.68. The van der Waals surface area contributed by atoms with Crippen LogP contribution >= 0.6 is 0 Å². The van der Waals surface area contributed by atoms with E-state index >= 15 is 0 Å². The monoisotopic (exact) mass is 336 g/mol. The Morgan fingerprint density at radius 2 is 1.76 bits per heavy atom. The predicted octanol–water partition coefficient (Wildman–Crippen LogP) is 5.60. The van der Waals surface area contributed by atoms with Gasteiger partial charge in [0, 0.05) is 16.7 Å². The van der Waals surface area contributed by atoms with Gasteiger partial charge in [-0.25, -0.2) is 4.98 Å². The van der Waals surface area contributed by atoms with Crippen molar-refractivity contribution in [3.05, 3.63) is 48.0 Å². The maximum atomic E-state index is 12.1. The van der Waals surface area contributed by atoms with Crippen LogP contribution in [-0.2, 0) is 4.79 Å². The zero-order valence-corrected chi connectivity index (χ0v) is 15.4. The van der Waals surface area contributed by atoms with Crippen LogP contribution in [0.1, 0.15) is 46.1 Å². The van der Waals surface area contributed by atoms with Crippen molar-refractivity contribution in [2.75, 3.05) is 5.32 Å². The molecule has 4 nitrogen and oxygen atoms in total. The van der Waals surface area contributed by atoms with Crippen molar-refractivity contribution in [2.24, 2.45) is 5.41 Å². The Morgan fingerprint density at radius 1 is 1.08 bits per heavy atom. The fourth-order valence-corrected chi connectivity index (χ4v) is 2.44. The van der Waals surface area contributed by atoms with Crippen LogP contribution in [0.5, 0.6) is 0 Å². The van der Waals surface area contributed by atoms with E-state index in [1.807, 2.05) is 51.1 Å². The maximum absolute atomic E-state index is 12.1. The summed E-state index contributed by atoms with van der Waals surface area (Å²) in [6.07, 6.45) is 0. The Hall–Kier alpha value is -2.62. The van der Waals surface area contributed by atoms with Crippen molar-refractivity contribution >= 4 is 22.7 Å². The summed E-state index contributed by atoms with van der Waals surface area (Å²) in [5.74, 6) is 1.03. The molecule has 0 saturated carbocycles. The molecule has 0 unspecified atom stereocenters. The number of hydrogen-bond acceptors (Lipinski definition) is 3. The summed E-state index contributed by atoms with van der Waals surface area (Å²) in [5.41, 5.74) is 4.12. The number of nitrogens with one attached hydrogen (secondary N) is 1. The Labute approximate surface area is 148 Å². The minimum Gasteiger partial charge on any atom is -0.436 e. The van der Waals surface area contributed by atoms with Gasteiger partial charge in [0.25, 0.3) is 0 Å². The third-order valence-corrected chi connectivity index (χ3v) is 4.15. The van der Waals surface area contributed by atoms with Crippen molar-refractivity contribution in [3.63, 3.8) is 0 Å². The number of carbonyl (C=O) groups excluding carboxylic acids is 1. The number of fused-ring (bicyclic) bond motifs is 1. The van der Waals surface area contributed by atoms with Gasteiger partial charge in [-0.05, 0) is 47.9 Å².